The van der Waals surface area contributed by atoms with Crippen molar-refractivity contribution in [3.05, 3.63) is 30.3 Å². The minimum Gasteiger partial charge on any atom is -0.444 e. The van der Waals surface area contributed by atoms with Gasteiger partial charge in [0.05, 0.1) is 0 Å². The number of nitrogens with one attached hydrogen (secondary N) is 2. The predicted molar refractivity (Wildman–Crippen MR) is 69.7 cm³/mol. The molecule has 0 saturated carbocycles. The Hall–Kier alpha value is -0.160. The molecule has 2 rings (SSSR count). The molecule has 0 amide bonds. The highest BCUT2D eigenvalue weighted by molar-refractivity contribution is 7.71. The van der Waals surface area contributed by atoms with Gasteiger partial charge >= 0.3 is 12.2 Å². The molecule has 112 valence electrons. The Morgan fingerprint density at radius 2 is 1.75 bits per heavy atom. The zero-order valence-electron chi connectivity index (χ0n) is 9.58. The van der Waals surface area contributed by atoms with Gasteiger partial charge in [0.15, 0.2) is 0 Å². The third kappa shape index (κ3) is 3.53. The lowest BCUT2D eigenvalue weighted by atomic mass is 10.3. The van der Waals surface area contributed by atoms with Gasteiger partial charge in [-0.05, 0) is 12.1 Å². The fourth-order valence-electron chi connectivity index (χ4n) is 1.20. The maximum absolute atomic E-state index is 13.4. The van der Waals surface area contributed by atoms with E-state index >= 15 is 0 Å². The van der Waals surface area contributed by atoms with Crippen molar-refractivity contribution in [3.63, 3.8) is 0 Å². The van der Waals surface area contributed by atoms with Crippen LogP contribution in [0.2, 0.25) is 0 Å². The Labute approximate surface area is 116 Å². The van der Waals surface area contributed by atoms with Crippen molar-refractivity contribution in [3.8, 4) is 5.75 Å². The van der Waals surface area contributed by atoms with E-state index in [1.54, 1.807) is 18.2 Å². The second-order valence-corrected chi connectivity index (χ2v) is 7.82. The molecule has 3 unspecified atom stereocenters. The molecule has 1 heterocycles. The first-order valence-electron chi connectivity index (χ1n) is 5.11. The maximum Gasteiger partial charge on any atom is 0.470 e. The summed E-state index contributed by atoms with van der Waals surface area (Å²) in [6, 6.07) is 2.90. The van der Waals surface area contributed by atoms with Crippen molar-refractivity contribution in [1.82, 2.24) is 14.2 Å². The molecule has 0 radical (unpaired) electrons. The van der Waals surface area contributed by atoms with Gasteiger partial charge < -0.3 is 4.52 Å². The van der Waals surface area contributed by atoms with E-state index in [0.29, 0.717) is 0 Å². The molecule has 4 nitrogen and oxygen atoms in total. The molecule has 1 fully saturated rings. The molecule has 0 aliphatic carbocycles. The summed E-state index contributed by atoms with van der Waals surface area (Å²) in [6.07, 6.45) is -5.66. The smallest absolute Gasteiger partial charge is 0.444 e. The van der Waals surface area contributed by atoms with Crippen LogP contribution in [-0.2, 0) is 0 Å². The van der Waals surface area contributed by atoms with Crippen LogP contribution in [-0.4, -0.2) is 16.7 Å². The maximum atomic E-state index is 13.4. The first kappa shape index (κ1) is 16.2. The molecular weight excluding hydrogens is 342 g/mol. The number of para-hydroxylation sites is 1. The van der Waals surface area contributed by atoms with Crippen molar-refractivity contribution in [2.24, 2.45) is 0 Å². The van der Waals surface area contributed by atoms with E-state index in [9.17, 15) is 22.0 Å². The van der Waals surface area contributed by atoms with Crippen molar-refractivity contribution >= 4 is 26.2 Å². The van der Waals surface area contributed by atoms with E-state index in [0.717, 1.165) is 0 Å². The van der Waals surface area contributed by atoms with Crippen LogP contribution < -0.4 is 14.2 Å². The number of benzene rings is 1. The summed E-state index contributed by atoms with van der Waals surface area (Å²) in [7, 11) is -3.32. The number of rotatable bonds is 3. The van der Waals surface area contributed by atoms with Crippen LogP contribution in [0.25, 0.3) is 0 Å². The third-order valence-electron chi connectivity index (χ3n) is 2.10. The van der Waals surface area contributed by atoms with Gasteiger partial charge in [-0.25, -0.2) is 4.86 Å². The highest BCUT2D eigenvalue weighted by Gasteiger charge is 2.65. The summed E-state index contributed by atoms with van der Waals surface area (Å²) in [5, 5.41) is 0. The van der Waals surface area contributed by atoms with Gasteiger partial charge in [0.1, 0.15) is 5.75 Å². The van der Waals surface area contributed by atoms with Crippen molar-refractivity contribution in [1.29, 1.82) is 0 Å². The highest BCUT2D eigenvalue weighted by atomic mass is 31.2. The van der Waals surface area contributed by atoms with Crippen LogP contribution in [0.4, 0.5) is 22.0 Å². The van der Waals surface area contributed by atoms with Crippen LogP contribution in [0.3, 0.4) is 0 Å². The Morgan fingerprint density at radius 3 is 2.35 bits per heavy atom. The molecule has 12 heteroatoms. The average Bonchev–Trinajstić information content (AvgIpc) is 2.39. The summed E-state index contributed by atoms with van der Waals surface area (Å²) >= 11 is 0. The van der Waals surface area contributed by atoms with Crippen LogP contribution in [0.15, 0.2) is 30.3 Å². The van der Waals surface area contributed by atoms with Crippen molar-refractivity contribution in [2.75, 3.05) is 0 Å². The fourth-order valence-corrected chi connectivity index (χ4v) is 5.94. The zero-order chi connectivity index (χ0) is 14.8. The molecule has 3 atom stereocenters. The number of hydrogen-bond acceptors (Lipinski definition) is 4. The predicted octanol–water partition coefficient (Wildman–Crippen LogP) is 3.96. The van der Waals surface area contributed by atoms with Crippen LogP contribution in [0.1, 0.15) is 0 Å². The monoisotopic (exact) mass is 351 g/mol. The highest BCUT2D eigenvalue weighted by Crippen LogP contribution is 2.59. The van der Waals surface area contributed by atoms with E-state index < -0.39 is 29.6 Å². The quantitative estimate of drug-likeness (QED) is 0.491. The zero-order valence-corrected chi connectivity index (χ0v) is 12.5. The second-order valence-electron chi connectivity index (χ2n) is 3.50. The van der Waals surface area contributed by atoms with Gasteiger partial charge in [0.25, 0.3) is 8.45 Å². The molecule has 1 aliphatic rings. The molecule has 1 aromatic carbocycles. The Morgan fingerprint density at radius 1 is 1.10 bits per heavy atom. The molecular formula is C8H9F5N3OP3. The lowest BCUT2D eigenvalue weighted by Gasteiger charge is -2.39. The first-order valence-corrected chi connectivity index (χ1v) is 8.27. The normalized spacial score (nSPS) is 24.1. The Balaban J connectivity index is 2.17. The van der Waals surface area contributed by atoms with Crippen molar-refractivity contribution < 1.29 is 26.5 Å². The first-order chi connectivity index (χ1) is 9.32. The molecule has 1 aliphatic heterocycles. The molecule has 1 saturated heterocycles. The summed E-state index contributed by atoms with van der Waals surface area (Å²) in [5.74, 6) is 0.227. The molecule has 0 bridgehead atoms. The number of hydrogen-bond donors (Lipinski definition) is 2. The van der Waals surface area contributed by atoms with Crippen LogP contribution in [0.5, 0.6) is 5.75 Å². The largest absolute Gasteiger partial charge is 0.470 e. The number of halogens is 5. The lowest BCUT2D eigenvalue weighted by Crippen LogP contribution is -2.49. The molecule has 0 aromatic heterocycles. The summed E-state index contributed by atoms with van der Waals surface area (Å²) < 4.78 is 69.4. The van der Waals surface area contributed by atoms with Gasteiger partial charge in [0.2, 0.25) is 0 Å². The minimum atomic E-state index is -5.66. The van der Waals surface area contributed by atoms with E-state index in [-0.39, 0.29) is 19.1 Å². The summed E-state index contributed by atoms with van der Waals surface area (Å²) in [6.45, 7) is 0. The summed E-state index contributed by atoms with van der Waals surface area (Å²) in [5.41, 5.74) is 0. The van der Waals surface area contributed by atoms with Gasteiger partial charge in [-0.2, -0.15) is 22.0 Å². The average molecular weight is 351 g/mol. The second kappa shape index (κ2) is 6.30. The van der Waals surface area contributed by atoms with Gasteiger partial charge in [-0.1, -0.05) is 18.2 Å². The van der Waals surface area contributed by atoms with Gasteiger partial charge in [0, 0.05) is 17.8 Å². The van der Waals surface area contributed by atoms with Crippen LogP contribution >= 0.6 is 26.2 Å². The molecule has 0 spiro atoms. The molecule has 2 N–H and O–H groups in total. The summed E-state index contributed by atoms with van der Waals surface area (Å²) in [4.78, 5) is 4.96. The SMILES string of the molecule is FC(F)(F)C(F)(F)N1PNPNP1Oc1ccccc1. The Kier molecular flexibility index (Phi) is 5.11. The third-order valence-corrected chi connectivity index (χ3v) is 6.60. The van der Waals surface area contributed by atoms with E-state index in [4.69, 9.17) is 4.52 Å². The Bertz CT molecular complexity index is 449. The number of nitrogens with zero attached hydrogens (tertiary/aromatic N) is 1. The van der Waals surface area contributed by atoms with E-state index in [1.165, 1.54) is 12.1 Å². The number of alkyl halides is 5. The van der Waals surface area contributed by atoms with Crippen molar-refractivity contribution in [2.45, 2.75) is 12.2 Å². The topological polar surface area (TPSA) is 36.5 Å². The van der Waals surface area contributed by atoms with E-state index in [2.05, 4.69) is 9.72 Å². The fraction of sp³-hybridized carbons (Fsp3) is 0.250. The van der Waals surface area contributed by atoms with Gasteiger partial charge in [-0.3, -0.25) is 4.86 Å². The standard InChI is InChI=1S/C8H9F5N3OP3/c9-7(10,11)8(12,13)16-19-14-18-15-20(16)17-6-4-2-1-3-5-6/h1-5,14-15,18-19H. The minimum absolute atomic E-state index is 0.0220. The van der Waals surface area contributed by atoms with Gasteiger partial charge in [-0.15, -0.1) is 4.44 Å². The lowest BCUT2D eigenvalue weighted by molar-refractivity contribution is -0.308. The molecule has 20 heavy (non-hydrogen) atoms. The van der Waals surface area contributed by atoms with Crippen LogP contribution in [0, 0.1) is 0 Å². The van der Waals surface area contributed by atoms with E-state index in [1.807, 2.05) is 0 Å². The molecule has 1 aromatic rings.